The van der Waals surface area contributed by atoms with Crippen LogP contribution in [0.1, 0.15) is 10.4 Å². The molecule has 7 heteroatoms. The fraction of sp³-hybridized carbons (Fsp3) is 0.125. The normalized spacial score (nSPS) is 9.47. The van der Waals surface area contributed by atoms with Gasteiger partial charge in [-0.15, -0.1) is 0 Å². The number of halogens is 2. The number of ketones is 1. The van der Waals surface area contributed by atoms with Gasteiger partial charge in [0, 0.05) is 10.5 Å². The van der Waals surface area contributed by atoms with Crippen LogP contribution < -0.4 is 5.73 Å². The molecule has 1 rings (SSSR count). The molecule has 0 radical (unpaired) electrons. The molecular weight excluding hydrogens is 239 g/mol. The third-order valence-electron chi connectivity index (χ3n) is 1.68. The van der Waals surface area contributed by atoms with E-state index in [0.717, 1.165) is 0 Å². The van der Waals surface area contributed by atoms with Crippen LogP contribution in [0.4, 0.5) is 5.69 Å². The van der Waals surface area contributed by atoms with Crippen molar-refractivity contribution in [3.8, 4) is 0 Å². The minimum absolute atomic E-state index is 0.201. The summed E-state index contributed by atoms with van der Waals surface area (Å²) in [6, 6.07) is 2.77. The molecule has 2 N–H and O–H groups in total. The van der Waals surface area contributed by atoms with Crippen LogP contribution in [0.3, 0.4) is 0 Å². The first-order chi connectivity index (χ1) is 7.06. The number of nitrogens with two attached hydrogens (primary N) is 1. The van der Waals surface area contributed by atoms with E-state index in [1.807, 2.05) is 0 Å². The molecule has 5 nitrogen and oxygen atoms in total. The highest BCUT2D eigenvalue weighted by molar-refractivity contribution is 6.39. The number of benzene rings is 1. The third-order valence-corrected chi connectivity index (χ3v) is 2.30. The van der Waals surface area contributed by atoms with Gasteiger partial charge in [-0.05, 0) is 17.7 Å². The maximum absolute atomic E-state index is 11.4. The van der Waals surface area contributed by atoms with Crippen LogP contribution in [0.2, 0.25) is 10.0 Å². The highest BCUT2D eigenvalue weighted by Crippen LogP contribution is 2.28. The van der Waals surface area contributed by atoms with Crippen molar-refractivity contribution in [3.05, 3.63) is 38.2 Å². The SMILES string of the molecule is [N-]=[N+]=NCC(=O)c1cc(Cl)c(N)c(Cl)c1. The Morgan fingerprint density at radius 2 is 2.00 bits per heavy atom. The maximum atomic E-state index is 11.4. The number of Topliss-reactive ketones (excluding diaryl/α,β-unsaturated/α-hetero) is 1. The average Bonchev–Trinajstić information content (AvgIpc) is 2.21. The lowest BCUT2D eigenvalue weighted by Crippen LogP contribution is -2.03. The molecular formula is C8H6Cl2N4O. The Kier molecular flexibility index (Phi) is 3.80. The molecule has 0 fully saturated rings. The summed E-state index contributed by atoms with van der Waals surface area (Å²) in [5.41, 5.74) is 14.0. The number of azide groups is 1. The molecule has 0 aliphatic heterocycles. The van der Waals surface area contributed by atoms with Gasteiger partial charge < -0.3 is 5.73 Å². The number of rotatable bonds is 3. The Hall–Kier alpha value is -1.42. The van der Waals surface area contributed by atoms with Crippen LogP contribution in [0.15, 0.2) is 17.2 Å². The molecule has 0 aliphatic carbocycles. The van der Waals surface area contributed by atoms with Gasteiger partial charge in [-0.3, -0.25) is 4.79 Å². The summed E-state index contributed by atoms with van der Waals surface area (Å²) >= 11 is 11.5. The van der Waals surface area contributed by atoms with E-state index in [0.29, 0.717) is 0 Å². The zero-order valence-electron chi connectivity index (χ0n) is 7.44. The molecule has 0 amide bonds. The highest BCUT2D eigenvalue weighted by Gasteiger charge is 2.10. The molecule has 0 spiro atoms. The second-order valence-corrected chi connectivity index (χ2v) is 3.48. The lowest BCUT2D eigenvalue weighted by Gasteiger charge is -2.04. The molecule has 0 saturated heterocycles. The molecule has 0 atom stereocenters. The molecule has 15 heavy (non-hydrogen) atoms. The summed E-state index contributed by atoms with van der Waals surface area (Å²) in [6.07, 6.45) is 0. The number of nitrogen functional groups attached to an aromatic ring is 1. The fourth-order valence-corrected chi connectivity index (χ4v) is 1.42. The lowest BCUT2D eigenvalue weighted by molar-refractivity contribution is 0.100. The first-order valence-electron chi connectivity index (χ1n) is 3.85. The van der Waals surface area contributed by atoms with Crippen molar-refractivity contribution >= 4 is 34.7 Å². The van der Waals surface area contributed by atoms with Crippen molar-refractivity contribution in [2.75, 3.05) is 12.3 Å². The van der Waals surface area contributed by atoms with E-state index in [1.54, 1.807) is 0 Å². The summed E-state index contributed by atoms with van der Waals surface area (Å²) < 4.78 is 0. The van der Waals surface area contributed by atoms with Crippen molar-refractivity contribution in [3.63, 3.8) is 0 Å². The Balaban J connectivity index is 3.06. The summed E-state index contributed by atoms with van der Waals surface area (Å²) in [5, 5.41) is 3.54. The fourth-order valence-electron chi connectivity index (χ4n) is 0.932. The standard InChI is InChI=1S/C8H6Cl2N4O/c9-5-1-4(2-6(10)8(5)11)7(15)3-13-14-12/h1-2H,3,11H2. The molecule has 0 aliphatic rings. The topological polar surface area (TPSA) is 91.9 Å². The van der Waals surface area contributed by atoms with Gasteiger partial charge in [0.2, 0.25) is 0 Å². The van der Waals surface area contributed by atoms with Gasteiger partial charge in [0.25, 0.3) is 0 Å². The highest BCUT2D eigenvalue weighted by atomic mass is 35.5. The van der Waals surface area contributed by atoms with Gasteiger partial charge in [0.1, 0.15) is 0 Å². The van der Waals surface area contributed by atoms with E-state index >= 15 is 0 Å². The van der Waals surface area contributed by atoms with Crippen LogP contribution in [-0.2, 0) is 0 Å². The van der Waals surface area contributed by atoms with Gasteiger partial charge in [-0.2, -0.15) is 0 Å². The molecule has 1 aromatic rings. The van der Waals surface area contributed by atoms with Crippen LogP contribution in [0, 0.1) is 0 Å². The maximum Gasteiger partial charge on any atom is 0.168 e. The molecule has 1 aromatic carbocycles. The number of hydrogen-bond acceptors (Lipinski definition) is 3. The van der Waals surface area contributed by atoms with Gasteiger partial charge in [-0.25, -0.2) is 0 Å². The first kappa shape index (κ1) is 11.7. The number of carbonyl (C=O) groups is 1. The Bertz CT molecular complexity index is 431. The van der Waals surface area contributed by atoms with E-state index in [9.17, 15) is 4.79 Å². The van der Waals surface area contributed by atoms with Gasteiger partial charge >= 0.3 is 0 Å². The second-order valence-electron chi connectivity index (χ2n) is 2.67. The molecule has 78 valence electrons. The van der Waals surface area contributed by atoms with Crippen molar-refractivity contribution in [1.29, 1.82) is 0 Å². The zero-order chi connectivity index (χ0) is 11.4. The minimum atomic E-state index is -0.364. The molecule has 0 aromatic heterocycles. The second kappa shape index (κ2) is 4.89. The van der Waals surface area contributed by atoms with Crippen LogP contribution in [0.25, 0.3) is 10.4 Å². The minimum Gasteiger partial charge on any atom is -0.396 e. The zero-order valence-corrected chi connectivity index (χ0v) is 8.96. The van der Waals surface area contributed by atoms with Crippen molar-refractivity contribution < 1.29 is 4.79 Å². The van der Waals surface area contributed by atoms with Crippen molar-refractivity contribution in [2.45, 2.75) is 0 Å². The number of hydrogen-bond donors (Lipinski definition) is 1. The van der Waals surface area contributed by atoms with Gasteiger partial charge in [0.05, 0.1) is 22.3 Å². The molecule has 0 saturated carbocycles. The Labute approximate surface area is 95.4 Å². The number of carbonyl (C=O) groups excluding carboxylic acids is 1. The number of anilines is 1. The predicted octanol–water partition coefficient (Wildman–Crippen LogP) is 3.07. The molecule has 0 bridgehead atoms. The van der Waals surface area contributed by atoms with E-state index < -0.39 is 0 Å². The Morgan fingerprint density at radius 1 is 1.47 bits per heavy atom. The predicted molar refractivity (Wildman–Crippen MR) is 59.2 cm³/mol. The summed E-state index contributed by atoms with van der Waals surface area (Å²) in [7, 11) is 0. The molecule has 0 heterocycles. The first-order valence-corrected chi connectivity index (χ1v) is 4.60. The van der Waals surface area contributed by atoms with Crippen LogP contribution in [0.5, 0.6) is 0 Å². The monoisotopic (exact) mass is 244 g/mol. The quantitative estimate of drug-likeness (QED) is 0.291. The average molecular weight is 245 g/mol. The van der Waals surface area contributed by atoms with E-state index in [1.165, 1.54) is 12.1 Å². The number of nitrogens with zero attached hydrogens (tertiary/aromatic N) is 3. The molecule has 0 unspecified atom stereocenters. The van der Waals surface area contributed by atoms with Crippen LogP contribution >= 0.6 is 23.2 Å². The third kappa shape index (κ3) is 2.76. The van der Waals surface area contributed by atoms with E-state index in [2.05, 4.69) is 10.0 Å². The smallest absolute Gasteiger partial charge is 0.168 e. The largest absolute Gasteiger partial charge is 0.396 e. The summed E-state index contributed by atoms with van der Waals surface area (Å²) in [6.45, 7) is -0.271. The van der Waals surface area contributed by atoms with Crippen molar-refractivity contribution in [1.82, 2.24) is 0 Å². The van der Waals surface area contributed by atoms with Crippen LogP contribution in [-0.4, -0.2) is 12.3 Å². The van der Waals surface area contributed by atoms with Gasteiger partial charge in [-0.1, -0.05) is 28.3 Å². The summed E-state index contributed by atoms with van der Waals surface area (Å²) in [5.74, 6) is -0.364. The lowest BCUT2D eigenvalue weighted by atomic mass is 10.1. The Morgan fingerprint density at radius 3 is 2.47 bits per heavy atom. The van der Waals surface area contributed by atoms with Crippen molar-refractivity contribution in [2.24, 2.45) is 5.11 Å². The van der Waals surface area contributed by atoms with E-state index in [4.69, 9.17) is 34.5 Å². The van der Waals surface area contributed by atoms with Gasteiger partial charge in [0.15, 0.2) is 5.78 Å². The van der Waals surface area contributed by atoms with E-state index in [-0.39, 0.29) is 33.6 Å². The summed E-state index contributed by atoms with van der Waals surface area (Å²) in [4.78, 5) is 13.9.